The fourth-order valence-corrected chi connectivity index (χ4v) is 3.04. The molecule has 0 aliphatic rings. The SMILES string of the molecule is Cn1nc(COc2cc(-c3n[nH]nc3C#N)cc(C(F)(F)F)c2)c2ccccc21. The fourth-order valence-electron chi connectivity index (χ4n) is 3.04. The summed E-state index contributed by atoms with van der Waals surface area (Å²) in [5.74, 6) is -0.0172. The van der Waals surface area contributed by atoms with Crippen LogP contribution in [0.4, 0.5) is 13.2 Å². The summed E-state index contributed by atoms with van der Waals surface area (Å²) >= 11 is 0. The van der Waals surface area contributed by atoms with Crippen molar-refractivity contribution in [1.82, 2.24) is 25.2 Å². The number of hydrogen-bond donors (Lipinski definition) is 1. The number of rotatable bonds is 4. The van der Waals surface area contributed by atoms with Gasteiger partial charge in [-0.1, -0.05) is 18.2 Å². The highest BCUT2D eigenvalue weighted by Gasteiger charge is 2.32. The van der Waals surface area contributed by atoms with Crippen LogP contribution < -0.4 is 4.74 Å². The van der Waals surface area contributed by atoms with Crippen molar-refractivity contribution in [2.24, 2.45) is 7.05 Å². The van der Waals surface area contributed by atoms with Crippen molar-refractivity contribution >= 4 is 10.9 Å². The summed E-state index contributed by atoms with van der Waals surface area (Å²) < 4.78 is 47.4. The Morgan fingerprint density at radius 3 is 2.72 bits per heavy atom. The zero-order valence-electron chi connectivity index (χ0n) is 15.0. The summed E-state index contributed by atoms with van der Waals surface area (Å²) in [4.78, 5) is 0. The summed E-state index contributed by atoms with van der Waals surface area (Å²) in [6, 6.07) is 12.5. The van der Waals surface area contributed by atoms with E-state index in [0.717, 1.165) is 23.0 Å². The van der Waals surface area contributed by atoms with Gasteiger partial charge in [0.1, 0.15) is 29.8 Å². The third kappa shape index (κ3) is 3.50. The lowest BCUT2D eigenvalue weighted by Gasteiger charge is -2.12. The molecule has 7 nitrogen and oxygen atoms in total. The fraction of sp³-hybridized carbons (Fsp3) is 0.158. The first-order chi connectivity index (χ1) is 13.9. The second-order valence-electron chi connectivity index (χ2n) is 6.25. The Morgan fingerprint density at radius 2 is 1.97 bits per heavy atom. The summed E-state index contributed by atoms with van der Waals surface area (Å²) in [5, 5.41) is 24.0. The zero-order chi connectivity index (χ0) is 20.6. The first-order valence-corrected chi connectivity index (χ1v) is 8.44. The largest absolute Gasteiger partial charge is 0.487 e. The van der Waals surface area contributed by atoms with E-state index in [1.54, 1.807) is 17.8 Å². The van der Waals surface area contributed by atoms with Crippen LogP contribution >= 0.6 is 0 Å². The molecule has 10 heteroatoms. The number of ether oxygens (including phenoxy) is 1. The van der Waals surface area contributed by atoms with Gasteiger partial charge in [-0.2, -0.15) is 33.8 Å². The molecule has 0 fully saturated rings. The lowest BCUT2D eigenvalue weighted by atomic mass is 10.1. The van der Waals surface area contributed by atoms with Crippen LogP contribution in [0.2, 0.25) is 0 Å². The van der Waals surface area contributed by atoms with Crippen LogP contribution in [0.15, 0.2) is 42.5 Å². The number of para-hydroxylation sites is 1. The second kappa shape index (κ2) is 6.94. The van der Waals surface area contributed by atoms with Crippen LogP contribution in [-0.4, -0.2) is 25.2 Å². The van der Waals surface area contributed by atoms with Gasteiger partial charge in [0.25, 0.3) is 0 Å². The van der Waals surface area contributed by atoms with E-state index in [1.165, 1.54) is 6.07 Å². The molecule has 0 spiro atoms. The summed E-state index contributed by atoms with van der Waals surface area (Å²) in [6.07, 6.45) is -4.59. The van der Waals surface area contributed by atoms with E-state index in [-0.39, 0.29) is 29.3 Å². The van der Waals surface area contributed by atoms with Crippen LogP contribution in [0.5, 0.6) is 5.75 Å². The highest BCUT2D eigenvalue weighted by molar-refractivity contribution is 5.81. The van der Waals surface area contributed by atoms with Gasteiger partial charge in [0.05, 0.1) is 11.1 Å². The quantitative estimate of drug-likeness (QED) is 0.564. The molecule has 0 amide bonds. The molecular weight excluding hydrogens is 385 g/mol. The molecule has 2 aromatic carbocycles. The average molecular weight is 398 g/mol. The number of alkyl halides is 3. The smallest absolute Gasteiger partial charge is 0.416 e. The zero-order valence-corrected chi connectivity index (χ0v) is 15.0. The van der Waals surface area contributed by atoms with E-state index in [4.69, 9.17) is 10.00 Å². The van der Waals surface area contributed by atoms with Gasteiger partial charge in [-0.3, -0.25) is 4.68 Å². The molecule has 0 saturated heterocycles. The minimum absolute atomic E-state index is 0.0172. The molecular formula is C19H13F3N6O. The molecule has 146 valence electrons. The Hall–Kier alpha value is -3.87. The van der Waals surface area contributed by atoms with Crippen molar-refractivity contribution in [1.29, 1.82) is 5.26 Å². The first-order valence-electron chi connectivity index (χ1n) is 8.44. The van der Waals surface area contributed by atoms with Gasteiger partial charge in [-0.15, -0.1) is 5.10 Å². The predicted octanol–water partition coefficient (Wildman–Crippen LogP) is 3.83. The molecule has 1 N–H and O–H groups in total. The molecule has 0 aliphatic carbocycles. The van der Waals surface area contributed by atoms with Crippen LogP contribution in [-0.2, 0) is 19.8 Å². The van der Waals surface area contributed by atoms with Gasteiger partial charge < -0.3 is 4.74 Å². The van der Waals surface area contributed by atoms with Crippen LogP contribution in [0.3, 0.4) is 0 Å². The molecule has 0 saturated carbocycles. The van der Waals surface area contributed by atoms with Gasteiger partial charge >= 0.3 is 6.18 Å². The van der Waals surface area contributed by atoms with Gasteiger partial charge in [-0.05, 0) is 24.3 Å². The Balaban J connectivity index is 1.71. The van der Waals surface area contributed by atoms with Crippen LogP contribution in [0.1, 0.15) is 17.0 Å². The molecule has 2 heterocycles. The molecule has 29 heavy (non-hydrogen) atoms. The number of fused-ring (bicyclic) bond motifs is 1. The number of aromatic nitrogens is 5. The van der Waals surface area contributed by atoms with E-state index < -0.39 is 11.7 Å². The van der Waals surface area contributed by atoms with Crippen molar-refractivity contribution in [3.8, 4) is 23.1 Å². The molecule has 4 aromatic rings. The molecule has 4 rings (SSSR count). The normalized spacial score (nSPS) is 11.6. The van der Waals surface area contributed by atoms with Crippen molar-refractivity contribution in [2.75, 3.05) is 0 Å². The summed E-state index contributed by atoms with van der Waals surface area (Å²) in [5.41, 5.74) is 0.560. The van der Waals surface area contributed by atoms with Crippen LogP contribution in [0, 0.1) is 11.3 Å². The highest BCUT2D eigenvalue weighted by Crippen LogP contribution is 2.36. The minimum atomic E-state index is -4.59. The second-order valence-corrected chi connectivity index (χ2v) is 6.25. The van der Waals surface area contributed by atoms with Gasteiger partial charge in [0, 0.05) is 18.0 Å². The van der Waals surface area contributed by atoms with E-state index >= 15 is 0 Å². The number of nitrogens with zero attached hydrogens (tertiary/aromatic N) is 5. The maximum Gasteiger partial charge on any atom is 0.416 e. The Morgan fingerprint density at radius 1 is 1.17 bits per heavy atom. The van der Waals surface area contributed by atoms with Gasteiger partial charge in [0.2, 0.25) is 0 Å². The maximum atomic E-state index is 13.4. The average Bonchev–Trinajstić information content (AvgIpc) is 3.30. The van der Waals surface area contributed by atoms with E-state index in [2.05, 4.69) is 20.5 Å². The number of aryl methyl sites for hydroxylation is 1. The van der Waals surface area contributed by atoms with Crippen molar-refractivity contribution in [2.45, 2.75) is 12.8 Å². The van der Waals surface area contributed by atoms with Crippen molar-refractivity contribution in [3.63, 3.8) is 0 Å². The van der Waals surface area contributed by atoms with Crippen molar-refractivity contribution in [3.05, 3.63) is 59.4 Å². The summed E-state index contributed by atoms with van der Waals surface area (Å²) in [6.45, 7) is -0.0218. The van der Waals surface area contributed by atoms with Crippen LogP contribution in [0.25, 0.3) is 22.2 Å². The number of nitrogens with one attached hydrogen (secondary N) is 1. The number of hydrogen-bond acceptors (Lipinski definition) is 5. The van der Waals surface area contributed by atoms with Crippen molar-refractivity contribution < 1.29 is 17.9 Å². The third-order valence-electron chi connectivity index (χ3n) is 4.37. The molecule has 0 bridgehead atoms. The molecule has 0 unspecified atom stereocenters. The summed E-state index contributed by atoms with van der Waals surface area (Å²) in [7, 11) is 1.78. The number of nitriles is 1. The molecule has 0 radical (unpaired) electrons. The number of halogens is 3. The molecule has 0 atom stereocenters. The number of benzene rings is 2. The number of H-pyrrole nitrogens is 1. The van der Waals surface area contributed by atoms with E-state index in [1.807, 2.05) is 24.3 Å². The van der Waals surface area contributed by atoms with E-state index in [9.17, 15) is 13.2 Å². The third-order valence-corrected chi connectivity index (χ3v) is 4.37. The Bertz CT molecular complexity index is 1230. The lowest BCUT2D eigenvalue weighted by Crippen LogP contribution is -2.06. The highest BCUT2D eigenvalue weighted by atomic mass is 19.4. The first kappa shape index (κ1) is 18.5. The standard InChI is InChI=1S/C19H13F3N6O/c1-28-17-5-3-2-4-14(17)16(26-28)10-29-13-7-11(6-12(8-13)19(20,21)22)18-15(9-23)24-27-25-18/h2-8H,10H2,1H3,(H,24,25,27). The Kier molecular flexibility index (Phi) is 4.43. The van der Waals surface area contributed by atoms with Gasteiger partial charge in [0.15, 0.2) is 5.69 Å². The Labute approximate surface area is 162 Å². The number of aromatic amines is 1. The topological polar surface area (TPSA) is 92.4 Å². The lowest BCUT2D eigenvalue weighted by molar-refractivity contribution is -0.137. The molecule has 2 aromatic heterocycles. The van der Waals surface area contributed by atoms with Gasteiger partial charge in [-0.25, -0.2) is 0 Å². The maximum absolute atomic E-state index is 13.4. The minimum Gasteiger partial charge on any atom is -0.487 e. The monoisotopic (exact) mass is 398 g/mol. The van der Waals surface area contributed by atoms with E-state index in [0.29, 0.717) is 5.69 Å². The predicted molar refractivity (Wildman–Crippen MR) is 96.6 cm³/mol. The molecule has 0 aliphatic heterocycles.